The molecule has 5 atom stereocenters. The number of nitriles is 1. The number of aromatic nitrogens is 2. The summed E-state index contributed by atoms with van der Waals surface area (Å²) in [4.78, 5) is 14.9. The largest absolute Gasteiger partial charge is 0.473 e. The second-order valence-electron chi connectivity index (χ2n) is 8.98. The average molecular weight is 479 g/mol. The number of nitrogens with zero attached hydrogens (tertiary/aromatic N) is 4. The van der Waals surface area contributed by atoms with Gasteiger partial charge in [0.1, 0.15) is 11.8 Å². The zero-order valence-corrected chi connectivity index (χ0v) is 19.6. The highest BCUT2D eigenvalue weighted by Gasteiger charge is 2.79. The first-order valence-electron chi connectivity index (χ1n) is 10.8. The molecule has 9 heteroatoms. The van der Waals surface area contributed by atoms with Crippen LogP contribution < -0.4 is 4.74 Å². The molecule has 2 N–H and O–H groups in total. The SMILES string of the molecule is CN(C)C(=O)C1C(O)C2(O)c3nn(C)c(Cl)c3OC2(c2ccc(C#N)cc2)C1c1ccccc1. The molecule has 1 aromatic heterocycles. The zero-order chi connectivity index (χ0) is 24.4. The van der Waals surface area contributed by atoms with Crippen molar-refractivity contribution in [2.45, 2.75) is 23.2 Å². The molecule has 0 bridgehead atoms. The molecule has 0 spiro atoms. The second-order valence-corrected chi connectivity index (χ2v) is 9.34. The highest BCUT2D eigenvalue weighted by atomic mass is 35.5. The lowest BCUT2D eigenvalue weighted by atomic mass is 9.71. The topological polar surface area (TPSA) is 112 Å². The van der Waals surface area contributed by atoms with Gasteiger partial charge in [0.2, 0.25) is 5.91 Å². The van der Waals surface area contributed by atoms with Crippen LogP contribution in [0.4, 0.5) is 0 Å². The van der Waals surface area contributed by atoms with Gasteiger partial charge >= 0.3 is 0 Å². The van der Waals surface area contributed by atoms with Crippen molar-refractivity contribution in [2.24, 2.45) is 13.0 Å². The second kappa shape index (κ2) is 7.57. The summed E-state index contributed by atoms with van der Waals surface area (Å²) in [6, 6.07) is 17.8. The molecule has 8 nitrogen and oxygen atoms in total. The Morgan fingerprint density at radius 2 is 1.85 bits per heavy atom. The van der Waals surface area contributed by atoms with Crippen molar-refractivity contribution >= 4 is 17.5 Å². The Morgan fingerprint density at radius 3 is 2.44 bits per heavy atom. The summed E-state index contributed by atoms with van der Waals surface area (Å²) in [6.07, 6.45) is -1.56. The molecule has 2 aromatic carbocycles. The van der Waals surface area contributed by atoms with Crippen molar-refractivity contribution in [1.29, 1.82) is 5.26 Å². The molecular formula is C25H23ClN4O4. The van der Waals surface area contributed by atoms with Gasteiger partial charge in [-0.05, 0) is 23.3 Å². The number of benzene rings is 2. The van der Waals surface area contributed by atoms with Crippen molar-refractivity contribution in [3.8, 4) is 11.8 Å². The van der Waals surface area contributed by atoms with Gasteiger partial charge in [-0.3, -0.25) is 9.48 Å². The van der Waals surface area contributed by atoms with Gasteiger partial charge in [0.15, 0.2) is 22.1 Å². The Kier molecular flexibility index (Phi) is 4.99. The molecule has 3 aromatic rings. The number of hydrogen-bond acceptors (Lipinski definition) is 6. The number of carbonyl (C=O) groups excluding carboxylic acids is 1. The minimum Gasteiger partial charge on any atom is -0.473 e. The number of aliphatic hydroxyl groups excluding tert-OH is 1. The third kappa shape index (κ3) is 2.66. The molecule has 0 saturated heterocycles. The number of ether oxygens (including phenoxy) is 1. The van der Waals surface area contributed by atoms with Crippen molar-refractivity contribution in [1.82, 2.24) is 14.7 Å². The smallest absolute Gasteiger partial charge is 0.228 e. The van der Waals surface area contributed by atoms with Gasteiger partial charge in [0.05, 0.1) is 17.6 Å². The number of halogens is 1. The van der Waals surface area contributed by atoms with E-state index < -0.39 is 29.1 Å². The van der Waals surface area contributed by atoms with Crippen LogP contribution in [0.3, 0.4) is 0 Å². The van der Waals surface area contributed by atoms with Crippen molar-refractivity contribution in [3.63, 3.8) is 0 Å². The van der Waals surface area contributed by atoms with Crippen LogP contribution >= 0.6 is 11.6 Å². The van der Waals surface area contributed by atoms with Gasteiger partial charge < -0.3 is 19.8 Å². The van der Waals surface area contributed by atoms with E-state index in [4.69, 9.17) is 16.3 Å². The minimum atomic E-state index is -2.10. The summed E-state index contributed by atoms with van der Waals surface area (Å²) in [5.41, 5.74) is -2.04. The first-order chi connectivity index (χ1) is 16.2. The normalized spacial score (nSPS) is 29.1. The fraction of sp³-hybridized carbons (Fsp3) is 0.320. The maximum Gasteiger partial charge on any atom is 0.228 e. The third-order valence-electron chi connectivity index (χ3n) is 7.02. The van der Waals surface area contributed by atoms with Crippen LogP contribution in [0.2, 0.25) is 5.15 Å². The lowest BCUT2D eigenvalue weighted by Gasteiger charge is -2.40. The van der Waals surface area contributed by atoms with Crippen molar-refractivity contribution in [2.75, 3.05) is 14.1 Å². The van der Waals surface area contributed by atoms with Crippen molar-refractivity contribution < 1.29 is 19.7 Å². The summed E-state index contributed by atoms with van der Waals surface area (Å²) in [5.74, 6) is -2.05. The number of hydrogen-bond donors (Lipinski definition) is 2. The summed E-state index contributed by atoms with van der Waals surface area (Å²) >= 11 is 6.48. The molecule has 174 valence electrons. The van der Waals surface area contributed by atoms with Crippen LogP contribution in [0.5, 0.6) is 5.75 Å². The Balaban J connectivity index is 1.87. The highest BCUT2D eigenvalue weighted by Crippen LogP contribution is 2.69. The molecule has 1 aliphatic carbocycles. The first-order valence-corrected chi connectivity index (χ1v) is 11.2. The van der Waals surface area contributed by atoms with Gasteiger partial charge in [0.25, 0.3) is 0 Å². The van der Waals surface area contributed by atoms with Gasteiger partial charge in [-0.2, -0.15) is 10.4 Å². The molecular weight excluding hydrogens is 456 g/mol. The molecule has 2 heterocycles. The number of rotatable bonds is 3. The number of fused-ring (bicyclic) bond motifs is 3. The average Bonchev–Trinajstić information content (AvgIpc) is 3.35. The van der Waals surface area contributed by atoms with E-state index in [-0.39, 0.29) is 22.5 Å². The minimum absolute atomic E-state index is 0.0758. The van der Waals surface area contributed by atoms with E-state index in [0.717, 1.165) is 0 Å². The highest BCUT2D eigenvalue weighted by molar-refractivity contribution is 6.31. The van der Waals surface area contributed by atoms with E-state index in [2.05, 4.69) is 11.2 Å². The molecule has 5 rings (SSSR count). The lowest BCUT2D eigenvalue weighted by Crippen LogP contribution is -2.52. The van der Waals surface area contributed by atoms with Crippen LogP contribution in [0.1, 0.15) is 28.3 Å². The van der Waals surface area contributed by atoms with Crippen LogP contribution in [0.25, 0.3) is 0 Å². The van der Waals surface area contributed by atoms with E-state index in [1.54, 1.807) is 45.4 Å². The van der Waals surface area contributed by atoms with Gasteiger partial charge in [-0.25, -0.2) is 0 Å². The van der Waals surface area contributed by atoms with Gasteiger partial charge in [-0.1, -0.05) is 54.1 Å². The van der Waals surface area contributed by atoms with Crippen LogP contribution in [-0.2, 0) is 23.0 Å². The van der Waals surface area contributed by atoms with Crippen LogP contribution in [-0.4, -0.2) is 51.0 Å². The van der Waals surface area contributed by atoms with E-state index >= 15 is 0 Å². The first kappa shape index (κ1) is 22.4. The van der Waals surface area contributed by atoms with Crippen LogP contribution in [0.15, 0.2) is 54.6 Å². The standard InChI is InChI=1S/C25H23ClN4O4/c1-29(2)23(32)17-18(15-7-5-4-6-8-15)25(16-11-9-14(13-27)10-12-16)24(33,21(17)31)20-19(34-25)22(26)30(3)28-20/h4-12,17-18,21,31,33H,1-3H3. The monoisotopic (exact) mass is 478 g/mol. The van der Waals surface area contributed by atoms with Gasteiger partial charge in [-0.15, -0.1) is 0 Å². The van der Waals surface area contributed by atoms with E-state index in [1.165, 1.54) is 9.58 Å². The summed E-state index contributed by atoms with van der Waals surface area (Å²) < 4.78 is 7.91. The summed E-state index contributed by atoms with van der Waals surface area (Å²) in [6.45, 7) is 0. The quantitative estimate of drug-likeness (QED) is 0.597. The van der Waals surface area contributed by atoms with E-state index in [1.807, 2.05) is 30.3 Å². The lowest BCUT2D eigenvalue weighted by molar-refractivity contribution is -0.158. The van der Waals surface area contributed by atoms with Gasteiger partial charge in [0, 0.05) is 27.1 Å². The third-order valence-corrected chi connectivity index (χ3v) is 7.44. The Bertz CT molecular complexity index is 1320. The molecule has 34 heavy (non-hydrogen) atoms. The number of carbonyl (C=O) groups is 1. The van der Waals surface area contributed by atoms with Crippen LogP contribution in [0, 0.1) is 17.2 Å². The number of aliphatic hydroxyl groups is 2. The fourth-order valence-corrected chi connectivity index (χ4v) is 5.69. The molecule has 0 radical (unpaired) electrons. The molecule has 1 fully saturated rings. The maximum atomic E-state index is 13.5. The fourth-order valence-electron chi connectivity index (χ4n) is 5.52. The number of aryl methyl sites for hydroxylation is 1. The maximum absolute atomic E-state index is 13.5. The van der Waals surface area contributed by atoms with E-state index in [0.29, 0.717) is 16.7 Å². The van der Waals surface area contributed by atoms with Crippen molar-refractivity contribution in [3.05, 3.63) is 82.1 Å². The predicted molar refractivity (Wildman–Crippen MR) is 123 cm³/mol. The zero-order valence-electron chi connectivity index (χ0n) is 18.8. The molecule has 2 aliphatic rings. The molecule has 1 amide bonds. The molecule has 1 aliphatic heterocycles. The Labute approximate surface area is 201 Å². The predicted octanol–water partition coefficient (Wildman–Crippen LogP) is 2.28. The molecule has 1 saturated carbocycles. The van der Waals surface area contributed by atoms with E-state index in [9.17, 15) is 20.3 Å². The number of amides is 1. The molecule has 5 unspecified atom stereocenters. The Hall–Kier alpha value is -3.38. The summed E-state index contributed by atoms with van der Waals surface area (Å²) in [7, 11) is 4.82. The summed E-state index contributed by atoms with van der Waals surface area (Å²) in [5, 5.41) is 38.0. The Morgan fingerprint density at radius 1 is 1.21 bits per heavy atom.